The van der Waals surface area contributed by atoms with Gasteiger partial charge in [0.05, 0.1) is 9.16 Å². The van der Waals surface area contributed by atoms with Gasteiger partial charge in [0.15, 0.2) is 0 Å². The first kappa shape index (κ1) is 12.1. The van der Waals surface area contributed by atoms with Gasteiger partial charge in [-0.3, -0.25) is 0 Å². The van der Waals surface area contributed by atoms with Crippen molar-refractivity contribution in [2.75, 3.05) is 0 Å². The first-order valence-electron chi connectivity index (χ1n) is 4.73. The fourth-order valence-electron chi connectivity index (χ4n) is 1.45. The molecular weight excluding hydrogens is 311 g/mol. The maximum atomic E-state index is 13.1. The average molecular weight is 320 g/mol. The van der Waals surface area contributed by atoms with Gasteiger partial charge >= 0.3 is 0 Å². The van der Waals surface area contributed by atoms with Crippen LogP contribution in [0.25, 0.3) is 0 Å². The minimum atomic E-state index is -0.173. The zero-order valence-electron chi connectivity index (χ0n) is 8.51. The average Bonchev–Trinajstić information content (AvgIpc) is 2.68. The lowest BCUT2D eigenvalue weighted by atomic mass is 10.1. The Balaban J connectivity index is 2.33. The van der Waals surface area contributed by atoms with E-state index in [4.69, 9.17) is 11.6 Å². The molecule has 0 aliphatic rings. The van der Waals surface area contributed by atoms with Crippen molar-refractivity contribution in [3.63, 3.8) is 0 Å². The Hall–Kier alpha value is -0.380. The standard InChI is InChI=1S/C12H9BrClFS/c1-7-6-8(2-3-9(7)15)12(13)10-4-5-11(14)16-10/h2-6,12H,1H3. The monoisotopic (exact) mass is 318 g/mol. The Kier molecular flexibility index (Phi) is 3.67. The number of benzene rings is 1. The predicted molar refractivity (Wildman–Crippen MR) is 71.2 cm³/mol. The van der Waals surface area contributed by atoms with E-state index in [9.17, 15) is 4.39 Å². The van der Waals surface area contributed by atoms with Crippen LogP contribution in [0.1, 0.15) is 20.8 Å². The molecule has 0 amide bonds. The number of alkyl halides is 1. The van der Waals surface area contributed by atoms with Crippen LogP contribution in [0.15, 0.2) is 30.3 Å². The summed E-state index contributed by atoms with van der Waals surface area (Å²) in [7, 11) is 0. The van der Waals surface area contributed by atoms with Gasteiger partial charge in [-0.25, -0.2) is 4.39 Å². The van der Waals surface area contributed by atoms with Gasteiger partial charge in [0.25, 0.3) is 0 Å². The van der Waals surface area contributed by atoms with Crippen LogP contribution in [0.2, 0.25) is 4.34 Å². The fourth-order valence-corrected chi connectivity index (χ4v) is 3.24. The molecule has 4 heteroatoms. The lowest BCUT2D eigenvalue weighted by Gasteiger charge is -2.09. The minimum Gasteiger partial charge on any atom is -0.207 e. The molecule has 0 N–H and O–H groups in total. The quantitative estimate of drug-likeness (QED) is 0.656. The maximum absolute atomic E-state index is 13.1. The van der Waals surface area contributed by atoms with E-state index in [2.05, 4.69) is 15.9 Å². The van der Waals surface area contributed by atoms with Crippen LogP contribution < -0.4 is 0 Å². The minimum absolute atomic E-state index is 0.0734. The van der Waals surface area contributed by atoms with Gasteiger partial charge in [-0.05, 0) is 36.2 Å². The molecule has 1 aromatic heterocycles. The highest BCUT2D eigenvalue weighted by Gasteiger charge is 2.13. The Labute approximate surface area is 111 Å². The number of rotatable bonds is 2. The summed E-state index contributed by atoms with van der Waals surface area (Å²) in [4.78, 5) is 1.19. The van der Waals surface area contributed by atoms with Crippen molar-refractivity contribution in [2.45, 2.75) is 11.8 Å². The van der Waals surface area contributed by atoms with Gasteiger partial charge in [-0.15, -0.1) is 11.3 Å². The molecule has 0 saturated heterocycles. The SMILES string of the molecule is Cc1cc(C(Br)c2ccc(Cl)s2)ccc1F. The summed E-state index contributed by atoms with van der Waals surface area (Å²) in [6.07, 6.45) is 0. The van der Waals surface area contributed by atoms with E-state index in [0.717, 1.165) is 14.8 Å². The van der Waals surface area contributed by atoms with Gasteiger partial charge in [-0.2, -0.15) is 0 Å². The van der Waals surface area contributed by atoms with Gasteiger partial charge in [0, 0.05) is 4.88 Å². The van der Waals surface area contributed by atoms with Crippen LogP contribution in [-0.4, -0.2) is 0 Å². The maximum Gasteiger partial charge on any atom is 0.126 e. The molecule has 16 heavy (non-hydrogen) atoms. The molecule has 0 aliphatic carbocycles. The van der Waals surface area contributed by atoms with Crippen molar-refractivity contribution >= 4 is 38.9 Å². The van der Waals surface area contributed by atoms with Crippen LogP contribution in [0, 0.1) is 12.7 Å². The lowest BCUT2D eigenvalue weighted by Crippen LogP contribution is -1.92. The van der Waals surface area contributed by atoms with Gasteiger partial charge in [0.1, 0.15) is 5.82 Å². The van der Waals surface area contributed by atoms with E-state index in [1.807, 2.05) is 18.2 Å². The Morgan fingerprint density at radius 2 is 2.06 bits per heavy atom. The predicted octanol–water partition coefficient (Wildman–Crippen LogP) is 5.33. The summed E-state index contributed by atoms with van der Waals surface area (Å²) in [5.74, 6) is -0.173. The molecule has 2 rings (SSSR count). The number of hydrogen-bond acceptors (Lipinski definition) is 1. The van der Waals surface area contributed by atoms with Crippen molar-refractivity contribution in [3.05, 3.63) is 56.5 Å². The van der Waals surface area contributed by atoms with E-state index in [1.165, 1.54) is 17.4 Å². The highest BCUT2D eigenvalue weighted by molar-refractivity contribution is 9.09. The van der Waals surface area contributed by atoms with E-state index >= 15 is 0 Å². The Bertz CT molecular complexity index is 509. The van der Waals surface area contributed by atoms with Crippen LogP contribution in [0.5, 0.6) is 0 Å². The molecule has 84 valence electrons. The molecule has 0 spiro atoms. The third-order valence-electron chi connectivity index (χ3n) is 2.32. The van der Waals surface area contributed by atoms with Crippen molar-refractivity contribution in [2.24, 2.45) is 0 Å². The normalized spacial score (nSPS) is 12.8. The Morgan fingerprint density at radius 3 is 2.62 bits per heavy atom. The first-order chi connectivity index (χ1) is 7.58. The molecule has 0 saturated carbocycles. The zero-order chi connectivity index (χ0) is 11.7. The summed E-state index contributed by atoms with van der Waals surface area (Å²) in [5, 5.41) is 0. The second-order valence-corrected chi connectivity index (χ2v) is 6.18. The van der Waals surface area contributed by atoms with Gasteiger partial charge in [0.2, 0.25) is 0 Å². The molecule has 1 atom stereocenters. The summed E-state index contributed by atoms with van der Waals surface area (Å²) in [6.45, 7) is 1.76. The number of hydrogen-bond donors (Lipinski definition) is 0. The van der Waals surface area contributed by atoms with Gasteiger partial charge in [-0.1, -0.05) is 39.7 Å². The second-order valence-electron chi connectivity index (χ2n) is 3.51. The van der Waals surface area contributed by atoms with Crippen molar-refractivity contribution in [1.82, 2.24) is 0 Å². The van der Waals surface area contributed by atoms with E-state index < -0.39 is 0 Å². The third kappa shape index (κ3) is 2.47. The van der Waals surface area contributed by atoms with Crippen molar-refractivity contribution in [1.29, 1.82) is 0 Å². The smallest absolute Gasteiger partial charge is 0.126 e. The highest BCUT2D eigenvalue weighted by Crippen LogP contribution is 2.37. The molecule has 0 bridgehead atoms. The largest absolute Gasteiger partial charge is 0.207 e. The summed E-state index contributed by atoms with van der Waals surface area (Å²) < 4.78 is 13.9. The number of halogens is 3. The molecule has 0 nitrogen and oxygen atoms in total. The number of thiophene rings is 1. The second kappa shape index (κ2) is 4.86. The molecule has 0 fully saturated rings. The zero-order valence-corrected chi connectivity index (χ0v) is 11.7. The molecule has 1 unspecified atom stereocenters. The number of aryl methyl sites for hydroxylation is 1. The van der Waals surface area contributed by atoms with Gasteiger partial charge < -0.3 is 0 Å². The summed E-state index contributed by atoms with van der Waals surface area (Å²) >= 11 is 11.0. The molecule has 0 aliphatic heterocycles. The molecule has 0 radical (unpaired) electrons. The molecular formula is C12H9BrClFS. The summed E-state index contributed by atoms with van der Waals surface area (Å²) in [5.41, 5.74) is 1.70. The topological polar surface area (TPSA) is 0 Å². The van der Waals surface area contributed by atoms with Crippen LogP contribution in [-0.2, 0) is 0 Å². The van der Waals surface area contributed by atoms with Crippen LogP contribution >= 0.6 is 38.9 Å². The lowest BCUT2D eigenvalue weighted by molar-refractivity contribution is 0.618. The summed E-state index contributed by atoms with van der Waals surface area (Å²) in [6, 6.07) is 8.98. The highest BCUT2D eigenvalue weighted by atomic mass is 79.9. The van der Waals surface area contributed by atoms with E-state index in [0.29, 0.717) is 5.56 Å². The Morgan fingerprint density at radius 1 is 1.31 bits per heavy atom. The van der Waals surface area contributed by atoms with Crippen molar-refractivity contribution in [3.8, 4) is 0 Å². The molecule has 2 aromatic rings. The fraction of sp³-hybridized carbons (Fsp3) is 0.167. The van der Waals surface area contributed by atoms with Crippen LogP contribution in [0.3, 0.4) is 0 Å². The van der Waals surface area contributed by atoms with E-state index in [1.54, 1.807) is 13.0 Å². The first-order valence-corrected chi connectivity index (χ1v) is 6.84. The third-order valence-corrected chi connectivity index (χ3v) is 4.94. The molecule has 1 aromatic carbocycles. The van der Waals surface area contributed by atoms with E-state index in [-0.39, 0.29) is 10.6 Å². The molecule has 1 heterocycles. The van der Waals surface area contributed by atoms with Crippen LogP contribution in [0.4, 0.5) is 4.39 Å². The van der Waals surface area contributed by atoms with Crippen molar-refractivity contribution < 1.29 is 4.39 Å².